The maximum atomic E-state index is 12.5. The van der Waals surface area contributed by atoms with E-state index in [9.17, 15) is 4.79 Å². The van der Waals surface area contributed by atoms with Gasteiger partial charge in [0, 0.05) is 32.2 Å². The number of amides is 1. The number of benzene rings is 2. The Hall–Kier alpha value is -3.59. The van der Waals surface area contributed by atoms with Gasteiger partial charge in [-0.25, -0.2) is 9.67 Å². The van der Waals surface area contributed by atoms with Gasteiger partial charge in [0.25, 0.3) is 5.91 Å². The van der Waals surface area contributed by atoms with E-state index >= 15 is 0 Å². The Labute approximate surface area is 167 Å². The Morgan fingerprint density at radius 1 is 1.14 bits per heavy atom. The summed E-state index contributed by atoms with van der Waals surface area (Å²) in [6.07, 6.45) is 2.14. The summed E-state index contributed by atoms with van der Waals surface area (Å²) in [6, 6.07) is 15.1. The first-order valence-electron chi connectivity index (χ1n) is 9.31. The highest BCUT2D eigenvalue weighted by Gasteiger charge is 2.11. The lowest BCUT2D eigenvalue weighted by Gasteiger charge is -2.10. The summed E-state index contributed by atoms with van der Waals surface area (Å²) in [5.41, 5.74) is 3.39. The van der Waals surface area contributed by atoms with Gasteiger partial charge >= 0.3 is 0 Å². The minimum absolute atomic E-state index is 0.132. The molecular formula is C20H21N7O2. The van der Waals surface area contributed by atoms with Crippen LogP contribution in [-0.4, -0.2) is 55.9 Å². The van der Waals surface area contributed by atoms with Crippen LogP contribution in [0.5, 0.6) is 0 Å². The van der Waals surface area contributed by atoms with Crippen LogP contribution in [-0.2, 0) is 17.7 Å². The summed E-state index contributed by atoms with van der Waals surface area (Å²) in [7, 11) is 1.68. The molecule has 2 heterocycles. The van der Waals surface area contributed by atoms with Crippen LogP contribution in [0.15, 0.2) is 54.9 Å². The molecule has 0 unspecified atom stereocenters. The van der Waals surface area contributed by atoms with Crippen LogP contribution in [0.4, 0.5) is 0 Å². The maximum Gasteiger partial charge on any atom is 0.251 e. The Morgan fingerprint density at radius 2 is 1.97 bits per heavy atom. The van der Waals surface area contributed by atoms with E-state index in [1.165, 1.54) is 11.0 Å². The van der Waals surface area contributed by atoms with Gasteiger partial charge < -0.3 is 14.6 Å². The van der Waals surface area contributed by atoms with E-state index in [-0.39, 0.29) is 5.91 Å². The number of aromatic nitrogens is 6. The zero-order valence-corrected chi connectivity index (χ0v) is 16.0. The van der Waals surface area contributed by atoms with Gasteiger partial charge in [-0.1, -0.05) is 12.1 Å². The molecule has 29 heavy (non-hydrogen) atoms. The normalized spacial score (nSPS) is 11.1. The number of rotatable bonds is 8. The summed E-state index contributed by atoms with van der Waals surface area (Å²) >= 11 is 0. The number of fused-ring (bicyclic) bond motifs is 1. The fraction of sp³-hybridized carbons (Fsp3) is 0.250. The lowest BCUT2D eigenvalue weighted by Crippen LogP contribution is -2.26. The zero-order valence-electron chi connectivity index (χ0n) is 16.0. The molecule has 9 heteroatoms. The van der Waals surface area contributed by atoms with Crippen LogP contribution in [0.25, 0.3) is 16.7 Å². The van der Waals surface area contributed by atoms with E-state index in [2.05, 4.69) is 25.4 Å². The SMILES string of the molecule is COCCn1c(CCNC(=O)c2ccc(-n3cnnn3)cc2)nc2ccccc21. The molecule has 0 spiro atoms. The summed E-state index contributed by atoms with van der Waals surface area (Å²) < 4.78 is 8.90. The summed E-state index contributed by atoms with van der Waals surface area (Å²) in [4.78, 5) is 17.2. The fourth-order valence-corrected chi connectivity index (χ4v) is 3.18. The number of hydrogen-bond donors (Lipinski definition) is 1. The predicted octanol–water partition coefficient (Wildman–Crippen LogP) is 1.63. The summed E-state index contributed by atoms with van der Waals surface area (Å²) in [5.74, 6) is 0.797. The molecule has 0 aliphatic carbocycles. The van der Waals surface area contributed by atoms with Crippen molar-refractivity contribution < 1.29 is 9.53 Å². The highest BCUT2D eigenvalue weighted by Crippen LogP contribution is 2.16. The third kappa shape index (κ3) is 4.14. The number of tetrazole rings is 1. The molecule has 0 saturated carbocycles. The van der Waals surface area contributed by atoms with Crippen LogP contribution in [0.1, 0.15) is 16.2 Å². The number of nitrogens with one attached hydrogen (secondary N) is 1. The molecule has 0 radical (unpaired) electrons. The average molecular weight is 391 g/mol. The number of methoxy groups -OCH3 is 1. The van der Waals surface area contributed by atoms with Gasteiger partial charge in [0.05, 0.1) is 23.3 Å². The van der Waals surface area contributed by atoms with Crippen molar-refractivity contribution in [1.29, 1.82) is 0 Å². The third-order valence-electron chi connectivity index (χ3n) is 4.63. The molecule has 0 aliphatic heterocycles. The van der Waals surface area contributed by atoms with Gasteiger partial charge in [-0.3, -0.25) is 4.79 Å². The highest BCUT2D eigenvalue weighted by atomic mass is 16.5. The van der Waals surface area contributed by atoms with Gasteiger partial charge in [0.15, 0.2) is 0 Å². The zero-order chi connectivity index (χ0) is 20.1. The molecule has 9 nitrogen and oxygen atoms in total. The molecule has 0 fully saturated rings. The average Bonchev–Trinajstić information content (AvgIpc) is 3.40. The first-order chi connectivity index (χ1) is 14.3. The van der Waals surface area contributed by atoms with E-state index in [1.54, 1.807) is 31.4 Å². The van der Waals surface area contributed by atoms with Crippen molar-refractivity contribution in [2.75, 3.05) is 20.3 Å². The molecule has 148 valence electrons. The molecule has 1 amide bonds. The number of hydrogen-bond acceptors (Lipinski definition) is 6. The van der Waals surface area contributed by atoms with Crippen molar-refractivity contribution in [3.05, 3.63) is 66.2 Å². The largest absolute Gasteiger partial charge is 0.383 e. The smallest absolute Gasteiger partial charge is 0.251 e. The van der Waals surface area contributed by atoms with Gasteiger partial charge in [-0.2, -0.15) is 0 Å². The van der Waals surface area contributed by atoms with E-state index in [4.69, 9.17) is 9.72 Å². The Balaban J connectivity index is 1.40. The van der Waals surface area contributed by atoms with Gasteiger partial charge in [0.2, 0.25) is 0 Å². The lowest BCUT2D eigenvalue weighted by atomic mass is 10.2. The van der Waals surface area contributed by atoms with Crippen LogP contribution < -0.4 is 5.32 Å². The molecule has 2 aromatic carbocycles. The van der Waals surface area contributed by atoms with Gasteiger partial charge in [0.1, 0.15) is 12.2 Å². The van der Waals surface area contributed by atoms with Crippen molar-refractivity contribution in [2.45, 2.75) is 13.0 Å². The highest BCUT2D eigenvalue weighted by molar-refractivity contribution is 5.94. The second-order valence-corrected chi connectivity index (χ2v) is 6.47. The molecule has 0 bridgehead atoms. The Kier molecular flexibility index (Phi) is 5.57. The van der Waals surface area contributed by atoms with E-state index in [0.29, 0.717) is 25.1 Å². The first kappa shape index (κ1) is 18.8. The minimum Gasteiger partial charge on any atom is -0.383 e. The van der Waals surface area contributed by atoms with Crippen molar-refractivity contribution in [3.8, 4) is 5.69 Å². The van der Waals surface area contributed by atoms with E-state index < -0.39 is 0 Å². The number of para-hydroxylation sites is 2. The van der Waals surface area contributed by atoms with Gasteiger partial charge in [-0.15, -0.1) is 5.10 Å². The summed E-state index contributed by atoms with van der Waals surface area (Å²) in [6.45, 7) is 1.82. The standard InChI is InChI=1S/C20H21N7O2/c1-29-13-12-26-18-5-3-2-4-17(18)23-19(26)10-11-21-20(28)15-6-8-16(9-7-15)27-14-22-24-25-27/h2-9,14H,10-13H2,1H3,(H,21,28). The Bertz CT molecular complexity index is 1090. The van der Waals surface area contributed by atoms with Crippen LogP contribution in [0.3, 0.4) is 0 Å². The van der Waals surface area contributed by atoms with Crippen molar-refractivity contribution in [3.63, 3.8) is 0 Å². The number of ether oxygens (including phenoxy) is 1. The maximum absolute atomic E-state index is 12.5. The monoisotopic (exact) mass is 391 g/mol. The second kappa shape index (κ2) is 8.61. The number of carbonyl (C=O) groups is 1. The van der Waals surface area contributed by atoms with Crippen molar-refractivity contribution in [2.24, 2.45) is 0 Å². The molecule has 0 atom stereocenters. The van der Waals surface area contributed by atoms with Crippen molar-refractivity contribution in [1.82, 2.24) is 35.1 Å². The fourth-order valence-electron chi connectivity index (χ4n) is 3.18. The molecule has 2 aromatic heterocycles. The molecule has 4 aromatic rings. The molecule has 1 N–H and O–H groups in total. The number of nitrogens with zero attached hydrogens (tertiary/aromatic N) is 6. The number of imidazole rings is 1. The quantitative estimate of drug-likeness (QED) is 0.490. The van der Waals surface area contributed by atoms with Crippen LogP contribution >= 0.6 is 0 Å². The minimum atomic E-state index is -0.132. The lowest BCUT2D eigenvalue weighted by molar-refractivity contribution is 0.0954. The van der Waals surface area contributed by atoms with Gasteiger partial charge in [-0.05, 0) is 46.8 Å². The molecule has 0 aliphatic rings. The predicted molar refractivity (Wildman–Crippen MR) is 107 cm³/mol. The van der Waals surface area contributed by atoms with E-state index in [1.807, 2.05) is 24.3 Å². The first-order valence-corrected chi connectivity index (χ1v) is 9.31. The number of carbonyl (C=O) groups excluding carboxylic acids is 1. The summed E-state index contributed by atoms with van der Waals surface area (Å²) in [5, 5.41) is 14.0. The van der Waals surface area contributed by atoms with Crippen LogP contribution in [0.2, 0.25) is 0 Å². The second-order valence-electron chi connectivity index (χ2n) is 6.47. The van der Waals surface area contributed by atoms with Crippen LogP contribution in [0, 0.1) is 0 Å². The third-order valence-corrected chi connectivity index (χ3v) is 4.63. The van der Waals surface area contributed by atoms with Crippen molar-refractivity contribution >= 4 is 16.9 Å². The molecule has 4 rings (SSSR count). The van der Waals surface area contributed by atoms with E-state index in [0.717, 1.165) is 29.1 Å². The Morgan fingerprint density at radius 3 is 2.72 bits per heavy atom. The molecule has 0 saturated heterocycles. The molecular weight excluding hydrogens is 370 g/mol. The topological polar surface area (TPSA) is 99.8 Å².